The summed E-state index contributed by atoms with van der Waals surface area (Å²) in [4.78, 5) is 11.9. The Morgan fingerprint density at radius 3 is 2.00 bits per heavy atom. The van der Waals surface area contributed by atoms with Crippen LogP contribution in [-0.4, -0.2) is 5.78 Å². The maximum absolute atomic E-state index is 13.6. The van der Waals surface area contributed by atoms with E-state index in [-0.39, 0.29) is 11.1 Å². The van der Waals surface area contributed by atoms with Crippen molar-refractivity contribution in [1.82, 2.24) is 0 Å². The molecular formula is C14H8F4O. The van der Waals surface area contributed by atoms with E-state index in [0.717, 1.165) is 24.3 Å². The maximum atomic E-state index is 13.6. The molecule has 0 atom stereocenters. The number of benzene rings is 2. The second-order valence-electron chi connectivity index (χ2n) is 4.07. The molecule has 0 amide bonds. The molecule has 1 nitrogen and oxygen atoms in total. The van der Waals surface area contributed by atoms with Crippen LogP contribution in [0.4, 0.5) is 17.6 Å². The van der Waals surface area contributed by atoms with E-state index in [2.05, 4.69) is 0 Å². The van der Waals surface area contributed by atoms with Crippen LogP contribution in [0.1, 0.15) is 21.5 Å². The molecule has 0 bridgehead atoms. The molecule has 0 unspecified atom stereocenters. The first-order valence-corrected chi connectivity index (χ1v) is 5.35. The van der Waals surface area contributed by atoms with Gasteiger partial charge in [0, 0.05) is 11.6 Å². The summed E-state index contributed by atoms with van der Waals surface area (Å²) in [7, 11) is 0. The minimum atomic E-state index is -0.977. The van der Waals surface area contributed by atoms with Crippen LogP contribution in [0.5, 0.6) is 0 Å². The fourth-order valence-electron chi connectivity index (χ4n) is 1.66. The van der Waals surface area contributed by atoms with Gasteiger partial charge in [-0.05, 0) is 36.8 Å². The Morgan fingerprint density at radius 2 is 1.42 bits per heavy atom. The van der Waals surface area contributed by atoms with Crippen molar-refractivity contribution in [1.29, 1.82) is 0 Å². The number of halogens is 4. The van der Waals surface area contributed by atoms with Crippen LogP contribution in [0, 0.1) is 30.2 Å². The monoisotopic (exact) mass is 268 g/mol. The van der Waals surface area contributed by atoms with Crippen molar-refractivity contribution >= 4 is 5.78 Å². The molecule has 0 fully saturated rings. The van der Waals surface area contributed by atoms with Gasteiger partial charge in [-0.25, -0.2) is 17.6 Å². The smallest absolute Gasteiger partial charge is 0.196 e. The molecule has 0 spiro atoms. The van der Waals surface area contributed by atoms with Crippen LogP contribution in [0.15, 0.2) is 30.3 Å². The number of hydrogen-bond donors (Lipinski definition) is 0. The van der Waals surface area contributed by atoms with Gasteiger partial charge >= 0.3 is 0 Å². The summed E-state index contributed by atoms with van der Waals surface area (Å²) in [6, 6.07) is 3.70. The Morgan fingerprint density at radius 1 is 0.842 bits per heavy atom. The Kier molecular flexibility index (Phi) is 3.38. The normalized spacial score (nSPS) is 10.6. The standard InChI is InChI=1S/C14H8F4O/c1-7-2-13(18)11(6-12(7)17)14(19)8-3-9(15)5-10(16)4-8/h2-6H,1H3. The zero-order valence-electron chi connectivity index (χ0n) is 9.81. The SMILES string of the molecule is Cc1cc(F)c(C(=O)c2cc(F)cc(F)c2)cc1F. The van der Waals surface area contributed by atoms with Gasteiger partial charge in [0.25, 0.3) is 0 Å². The van der Waals surface area contributed by atoms with Gasteiger partial charge in [0.2, 0.25) is 0 Å². The van der Waals surface area contributed by atoms with E-state index in [9.17, 15) is 22.4 Å². The summed E-state index contributed by atoms with van der Waals surface area (Å²) in [5, 5.41) is 0. The maximum Gasteiger partial charge on any atom is 0.196 e. The fraction of sp³-hybridized carbons (Fsp3) is 0.0714. The number of ketones is 1. The summed E-state index contributed by atoms with van der Waals surface area (Å²) in [6.45, 7) is 1.34. The van der Waals surface area contributed by atoms with Crippen molar-refractivity contribution in [3.63, 3.8) is 0 Å². The first-order valence-electron chi connectivity index (χ1n) is 5.35. The summed E-state index contributed by atoms with van der Waals surface area (Å²) in [5.74, 6) is -4.60. The van der Waals surface area contributed by atoms with Crippen molar-refractivity contribution in [2.24, 2.45) is 0 Å². The van der Waals surface area contributed by atoms with Gasteiger partial charge in [0.15, 0.2) is 5.78 Å². The molecule has 0 aliphatic rings. The van der Waals surface area contributed by atoms with E-state index in [4.69, 9.17) is 0 Å². The average Bonchev–Trinajstić information content (AvgIpc) is 2.31. The predicted octanol–water partition coefficient (Wildman–Crippen LogP) is 3.78. The van der Waals surface area contributed by atoms with Crippen LogP contribution in [0.3, 0.4) is 0 Å². The zero-order chi connectivity index (χ0) is 14.2. The van der Waals surface area contributed by atoms with E-state index in [0.29, 0.717) is 6.07 Å². The molecule has 5 heteroatoms. The molecule has 98 valence electrons. The molecule has 0 radical (unpaired) electrons. The van der Waals surface area contributed by atoms with Gasteiger partial charge in [-0.3, -0.25) is 4.79 Å². The van der Waals surface area contributed by atoms with Crippen LogP contribution in [0.2, 0.25) is 0 Å². The lowest BCUT2D eigenvalue weighted by Crippen LogP contribution is -2.07. The summed E-state index contributed by atoms with van der Waals surface area (Å²) < 4.78 is 52.9. The van der Waals surface area contributed by atoms with Crippen molar-refractivity contribution in [3.05, 3.63) is 70.3 Å². The lowest BCUT2D eigenvalue weighted by Gasteiger charge is -2.05. The lowest BCUT2D eigenvalue weighted by molar-refractivity contribution is 0.103. The van der Waals surface area contributed by atoms with Gasteiger partial charge in [0.1, 0.15) is 23.3 Å². The van der Waals surface area contributed by atoms with Crippen molar-refractivity contribution in [2.45, 2.75) is 6.92 Å². The molecule has 2 aromatic rings. The number of carbonyl (C=O) groups excluding carboxylic acids is 1. The Bertz CT molecular complexity index is 644. The first kappa shape index (κ1) is 13.3. The van der Waals surface area contributed by atoms with Gasteiger partial charge in [0.05, 0.1) is 5.56 Å². The number of aryl methyl sites for hydroxylation is 1. The second kappa shape index (κ2) is 4.84. The third-order valence-electron chi connectivity index (χ3n) is 2.62. The number of carbonyl (C=O) groups is 1. The molecule has 19 heavy (non-hydrogen) atoms. The van der Waals surface area contributed by atoms with Crippen molar-refractivity contribution in [2.75, 3.05) is 0 Å². The molecule has 0 heterocycles. The van der Waals surface area contributed by atoms with E-state index in [1.54, 1.807) is 0 Å². The highest BCUT2D eigenvalue weighted by Crippen LogP contribution is 2.19. The van der Waals surface area contributed by atoms with Gasteiger partial charge < -0.3 is 0 Å². The van der Waals surface area contributed by atoms with Gasteiger partial charge in [-0.1, -0.05) is 0 Å². The van der Waals surface area contributed by atoms with Crippen LogP contribution < -0.4 is 0 Å². The molecule has 0 aliphatic carbocycles. The number of rotatable bonds is 2. The van der Waals surface area contributed by atoms with E-state index in [1.165, 1.54) is 6.92 Å². The van der Waals surface area contributed by atoms with Crippen LogP contribution >= 0.6 is 0 Å². The van der Waals surface area contributed by atoms with Crippen LogP contribution in [0.25, 0.3) is 0 Å². The lowest BCUT2D eigenvalue weighted by atomic mass is 10.0. The molecule has 0 aromatic heterocycles. The largest absolute Gasteiger partial charge is 0.288 e. The van der Waals surface area contributed by atoms with Gasteiger partial charge in [-0.15, -0.1) is 0 Å². The highest BCUT2D eigenvalue weighted by molar-refractivity contribution is 6.09. The zero-order valence-corrected chi connectivity index (χ0v) is 9.81. The molecule has 0 N–H and O–H groups in total. The van der Waals surface area contributed by atoms with E-state index >= 15 is 0 Å². The van der Waals surface area contributed by atoms with Gasteiger partial charge in [-0.2, -0.15) is 0 Å². The average molecular weight is 268 g/mol. The number of hydrogen-bond acceptors (Lipinski definition) is 1. The second-order valence-corrected chi connectivity index (χ2v) is 4.07. The minimum Gasteiger partial charge on any atom is -0.288 e. The molecule has 0 aliphatic heterocycles. The third kappa shape index (κ3) is 2.65. The topological polar surface area (TPSA) is 17.1 Å². The van der Waals surface area contributed by atoms with E-state index in [1.807, 2.05) is 0 Å². The Hall–Kier alpha value is -2.17. The summed E-state index contributed by atoms with van der Waals surface area (Å²) >= 11 is 0. The van der Waals surface area contributed by atoms with Crippen molar-refractivity contribution in [3.8, 4) is 0 Å². The molecule has 0 saturated carbocycles. The molecular weight excluding hydrogens is 260 g/mol. The predicted molar refractivity (Wildman–Crippen MR) is 60.9 cm³/mol. The first-order chi connectivity index (χ1) is 8.88. The summed E-state index contributed by atoms with van der Waals surface area (Å²) in [6.07, 6.45) is 0. The summed E-state index contributed by atoms with van der Waals surface area (Å²) in [5.41, 5.74) is -0.896. The minimum absolute atomic E-state index is 0.0412. The fourth-order valence-corrected chi connectivity index (χ4v) is 1.66. The molecule has 2 rings (SSSR count). The third-order valence-corrected chi connectivity index (χ3v) is 2.62. The van der Waals surface area contributed by atoms with E-state index < -0.39 is 34.6 Å². The highest BCUT2D eigenvalue weighted by Gasteiger charge is 2.17. The highest BCUT2D eigenvalue weighted by atomic mass is 19.1. The van der Waals surface area contributed by atoms with Crippen molar-refractivity contribution < 1.29 is 22.4 Å². The molecule has 0 saturated heterocycles. The molecule has 2 aromatic carbocycles. The Labute approximate surface area is 106 Å². The Balaban J connectivity index is 2.53. The van der Waals surface area contributed by atoms with Crippen LogP contribution in [-0.2, 0) is 0 Å². The quantitative estimate of drug-likeness (QED) is 0.598.